The maximum Gasteiger partial charge on any atom is 0.229 e. The Bertz CT molecular complexity index is 613. The summed E-state index contributed by atoms with van der Waals surface area (Å²) in [5, 5.41) is 4.10. The standard InChI is InChI=1S/C16H20Cl2N4/c1-3-10-22(11-4-2)14-8-9-19-16(21-14)20-13-7-5-6-12(17)15(13)18/h5-9H,3-4,10-11H2,1-2H3,(H,19,20,21). The molecule has 1 aromatic carbocycles. The summed E-state index contributed by atoms with van der Waals surface area (Å²) >= 11 is 12.2. The SMILES string of the molecule is CCCN(CCC)c1ccnc(Nc2cccc(Cl)c2Cl)n1. The lowest BCUT2D eigenvalue weighted by atomic mass is 10.3. The Morgan fingerprint density at radius 2 is 1.82 bits per heavy atom. The normalized spacial score (nSPS) is 10.5. The van der Waals surface area contributed by atoms with Gasteiger partial charge in [-0.3, -0.25) is 0 Å². The molecule has 0 amide bonds. The minimum atomic E-state index is 0.470. The van der Waals surface area contributed by atoms with E-state index in [1.54, 1.807) is 12.3 Å². The van der Waals surface area contributed by atoms with Gasteiger partial charge in [-0.05, 0) is 31.0 Å². The van der Waals surface area contributed by atoms with E-state index in [4.69, 9.17) is 23.2 Å². The first-order chi connectivity index (χ1) is 10.7. The van der Waals surface area contributed by atoms with Crippen LogP contribution in [0.2, 0.25) is 10.0 Å². The first kappa shape index (κ1) is 16.8. The van der Waals surface area contributed by atoms with Crippen LogP contribution in [-0.4, -0.2) is 23.1 Å². The second-order valence-corrected chi connectivity index (χ2v) is 5.74. The molecule has 22 heavy (non-hydrogen) atoms. The fraction of sp³-hybridized carbons (Fsp3) is 0.375. The summed E-state index contributed by atoms with van der Waals surface area (Å²) in [5.41, 5.74) is 0.698. The topological polar surface area (TPSA) is 41.1 Å². The number of benzene rings is 1. The molecule has 2 rings (SSSR count). The molecule has 0 unspecified atom stereocenters. The quantitative estimate of drug-likeness (QED) is 0.757. The molecule has 0 spiro atoms. The summed E-state index contributed by atoms with van der Waals surface area (Å²) in [6, 6.07) is 7.35. The smallest absolute Gasteiger partial charge is 0.229 e. The van der Waals surface area contributed by atoms with Crippen LogP contribution < -0.4 is 10.2 Å². The van der Waals surface area contributed by atoms with Gasteiger partial charge in [-0.2, -0.15) is 4.98 Å². The van der Waals surface area contributed by atoms with Crippen LogP contribution in [0.1, 0.15) is 26.7 Å². The van der Waals surface area contributed by atoms with Crippen LogP contribution >= 0.6 is 23.2 Å². The lowest BCUT2D eigenvalue weighted by Crippen LogP contribution is -2.26. The fourth-order valence-electron chi connectivity index (χ4n) is 2.19. The minimum absolute atomic E-state index is 0.470. The van der Waals surface area contributed by atoms with E-state index in [2.05, 4.69) is 34.0 Å². The van der Waals surface area contributed by atoms with E-state index in [1.165, 1.54) is 0 Å². The highest BCUT2D eigenvalue weighted by Gasteiger charge is 2.09. The summed E-state index contributed by atoms with van der Waals surface area (Å²) in [6.07, 6.45) is 3.90. The predicted octanol–water partition coefficient (Wildman–Crippen LogP) is 5.15. The van der Waals surface area contributed by atoms with Crippen molar-refractivity contribution < 1.29 is 0 Å². The Hall–Kier alpha value is -1.52. The van der Waals surface area contributed by atoms with Gasteiger partial charge in [0.15, 0.2) is 0 Å². The van der Waals surface area contributed by atoms with Crippen LogP contribution in [0, 0.1) is 0 Å². The Balaban J connectivity index is 2.22. The van der Waals surface area contributed by atoms with Crippen LogP contribution in [0.4, 0.5) is 17.5 Å². The average Bonchev–Trinajstić information content (AvgIpc) is 2.52. The molecule has 2 aromatic rings. The molecular formula is C16H20Cl2N4. The number of hydrogen-bond acceptors (Lipinski definition) is 4. The summed E-state index contributed by atoms with van der Waals surface area (Å²) < 4.78 is 0. The number of aromatic nitrogens is 2. The molecule has 118 valence electrons. The van der Waals surface area contributed by atoms with E-state index >= 15 is 0 Å². The van der Waals surface area contributed by atoms with Gasteiger partial charge in [0, 0.05) is 19.3 Å². The Morgan fingerprint density at radius 3 is 2.50 bits per heavy atom. The van der Waals surface area contributed by atoms with Gasteiger partial charge in [-0.25, -0.2) is 4.98 Å². The largest absolute Gasteiger partial charge is 0.356 e. The van der Waals surface area contributed by atoms with E-state index in [9.17, 15) is 0 Å². The Labute approximate surface area is 141 Å². The molecule has 0 fully saturated rings. The van der Waals surface area contributed by atoms with Crippen molar-refractivity contribution >= 4 is 40.7 Å². The zero-order chi connectivity index (χ0) is 15.9. The molecule has 0 aliphatic carbocycles. The molecule has 6 heteroatoms. The predicted molar refractivity (Wildman–Crippen MR) is 94.6 cm³/mol. The molecule has 0 radical (unpaired) electrons. The van der Waals surface area contributed by atoms with Crippen LogP contribution in [0.15, 0.2) is 30.5 Å². The van der Waals surface area contributed by atoms with Crippen LogP contribution in [0.25, 0.3) is 0 Å². The average molecular weight is 339 g/mol. The van der Waals surface area contributed by atoms with Gasteiger partial charge in [-0.15, -0.1) is 0 Å². The van der Waals surface area contributed by atoms with Crippen LogP contribution in [0.5, 0.6) is 0 Å². The summed E-state index contributed by atoms with van der Waals surface area (Å²) in [5.74, 6) is 1.43. The van der Waals surface area contributed by atoms with E-state index in [-0.39, 0.29) is 0 Å². The van der Waals surface area contributed by atoms with Crippen molar-refractivity contribution in [2.75, 3.05) is 23.3 Å². The third-order valence-corrected chi connectivity index (χ3v) is 3.97. The number of rotatable bonds is 7. The van der Waals surface area contributed by atoms with Crippen molar-refractivity contribution in [2.45, 2.75) is 26.7 Å². The Morgan fingerprint density at radius 1 is 1.09 bits per heavy atom. The van der Waals surface area contributed by atoms with Gasteiger partial charge < -0.3 is 10.2 Å². The molecule has 0 saturated carbocycles. The van der Waals surface area contributed by atoms with Crippen molar-refractivity contribution in [3.05, 3.63) is 40.5 Å². The van der Waals surface area contributed by atoms with Gasteiger partial charge in [0.25, 0.3) is 0 Å². The fourth-order valence-corrected chi connectivity index (χ4v) is 2.53. The van der Waals surface area contributed by atoms with E-state index in [0.29, 0.717) is 21.7 Å². The lowest BCUT2D eigenvalue weighted by molar-refractivity contribution is 0.733. The lowest BCUT2D eigenvalue weighted by Gasteiger charge is -2.22. The summed E-state index contributed by atoms with van der Waals surface area (Å²) in [4.78, 5) is 11.1. The van der Waals surface area contributed by atoms with Gasteiger partial charge >= 0.3 is 0 Å². The van der Waals surface area contributed by atoms with E-state index in [0.717, 1.165) is 31.7 Å². The second-order valence-electron chi connectivity index (χ2n) is 4.95. The number of nitrogens with one attached hydrogen (secondary N) is 1. The molecule has 0 aliphatic heterocycles. The van der Waals surface area contributed by atoms with Crippen LogP contribution in [-0.2, 0) is 0 Å². The molecule has 0 bridgehead atoms. The third-order valence-electron chi connectivity index (χ3n) is 3.15. The molecule has 4 nitrogen and oxygen atoms in total. The molecule has 0 aliphatic rings. The molecule has 0 atom stereocenters. The zero-order valence-electron chi connectivity index (χ0n) is 12.8. The number of anilines is 3. The van der Waals surface area contributed by atoms with E-state index in [1.807, 2.05) is 18.2 Å². The number of nitrogens with zero attached hydrogens (tertiary/aromatic N) is 3. The minimum Gasteiger partial charge on any atom is -0.356 e. The van der Waals surface area contributed by atoms with Crippen molar-refractivity contribution in [3.63, 3.8) is 0 Å². The van der Waals surface area contributed by atoms with Crippen molar-refractivity contribution in [3.8, 4) is 0 Å². The highest BCUT2D eigenvalue weighted by atomic mass is 35.5. The highest BCUT2D eigenvalue weighted by molar-refractivity contribution is 6.43. The molecular weight excluding hydrogens is 319 g/mol. The highest BCUT2D eigenvalue weighted by Crippen LogP contribution is 2.31. The summed E-state index contributed by atoms with van der Waals surface area (Å²) in [7, 11) is 0. The first-order valence-electron chi connectivity index (χ1n) is 7.44. The van der Waals surface area contributed by atoms with Gasteiger partial charge in [0.05, 0.1) is 15.7 Å². The van der Waals surface area contributed by atoms with Crippen LogP contribution in [0.3, 0.4) is 0 Å². The number of halogens is 2. The zero-order valence-corrected chi connectivity index (χ0v) is 14.3. The first-order valence-corrected chi connectivity index (χ1v) is 8.20. The second kappa shape index (κ2) is 8.20. The Kier molecular flexibility index (Phi) is 6.28. The van der Waals surface area contributed by atoms with Crippen molar-refractivity contribution in [1.82, 2.24) is 9.97 Å². The van der Waals surface area contributed by atoms with Gasteiger partial charge in [0.1, 0.15) is 5.82 Å². The molecule has 1 heterocycles. The van der Waals surface area contributed by atoms with Gasteiger partial charge in [-0.1, -0.05) is 43.1 Å². The third kappa shape index (κ3) is 4.24. The summed E-state index contributed by atoms with van der Waals surface area (Å²) in [6.45, 7) is 6.27. The van der Waals surface area contributed by atoms with Gasteiger partial charge in [0.2, 0.25) is 5.95 Å². The molecule has 1 N–H and O–H groups in total. The maximum atomic E-state index is 6.18. The molecule has 0 saturated heterocycles. The molecule has 1 aromatic heterocycles. The monoisotopic (exact) mass is 338 g/mol. The van der Waals surface area contributed by atoms with Crippen molar-refractivity contribution in [2.24, 2.45) is 0 Å². The maximum absolute atomic E-state index is 6.18. The van der Waals surface area contributed by atoms with E-state index < -0.39 is 0 Å². The van der Waals surface area contributed by atoms with Crippen molar-refractivity contribution in [1.29, 1.82) is 0 Å². The number of hydrogen-bond donors (Lipinski definition) is 1.